The highest BCUT2D eigenvalue weighted by molar-refractivity contribution is 5.95. The first-order valence-electron chi connectivity index (χ1n) is 9.80. The Kier molecular flexibility index (Phi) is 4.16. The number of hydrogen-bond donors (Lipinski definition) is 1. The summed E-state index contributed by atoms with van der Waals surface area (Å²) >= 11 is 0. The van der Waals surface area contributed by atoms with Crippen molar-refractivity contribution in [2.75, 3.05) is 18.4 Å². The number of amides is 3. The van der Waals surface area contributed by atoms with E-state index in [1.54, 1.807) is 4.90 Å². The second-order valence-electron chi connectivity index (χ2n) is 8.05. The number of likely N-dealkylation sites (tertiary alicyclic amines) is 1. The molecule has 1 saturated heterocycles. The largest absolute Gasteiger partial charge is 0.361 e. The van der Waals surface area contributed by atoms with Crippen molar-refractivity contribution in [2.24, 2.45) is 5.92 Å². The van der Waals surface area contributed by atoms with Crippen LogP contribution < -0.4 is 5.32 Å². The van der Waals surface area contributed by atoms with Gasteiger partial charge in [0, 0.05) is 17.7 Å². The predicted octanol–water partition coefficient (Wildman–Crippen LogP) is 3.23. The lowest BCUT2D eigenvalue weighted by atomic mass is 9.98. The molecule has 1 aromatic carbocycles. The first-order chi connectivity index (χ1) is 14.3. The van der Waals surface area contributed by atoms with Crippen LogP contribution in [0.25, 0.3) is 5.57 Å². The van der Waals surface area contributed by atoms with E-state index < -0.39 is 17.7 Å². The van der Waals surface area contributed by atoms with Gasteiger partial charge in [-0.15, -0.1) is 0 Å². The summed E-state index contributed by atoms with van der Waals surface area (Å²) in [7, 11) is 0. The van der Waals surface area contributed by atoms with Crippen molar-refractivity contribution in [1.82, 2.24) is 15.0 Å². The van der Waals surface area contributed by atoms with Crippen LogP contribution in [0.5, 0.6) is 0 Å². The average molecular weight is 414 g/mol. The van der Waals surface area contributed by atoms with Gasteiger partial charge in [0.25, 0.3) is 0 Å². The molecule has 9 heteroatoms. The minimum absolute atomic E-state index is 0.0432. The number of rotatable bonds is 3. The van der Waals surface area contributed by atoms with Gasteiger partial charge in [0.15, 0.2) is 11.6 Å². The van der Waals surface area contributed by atoms with E-state index in [4.69, 9.17) is 4.52 Å². The zero-order chi connectivity index (χ0) is 21.2. The molecule has 1 fully saturated rings. The Balaban J connectivity index is 1.35. The molecule has 2 atom stereocenters. The molecule has 0 saturated carbocycles. The Morgan fingerprint density at radius 3 is 2.83 bits per heavy atom. The third-order valence-corrected chi connectivity index (χ3v) is 6.15. The summed E-state index contributed by atoms with van der Waals surface area (Å²) in [5, 5.41) is 6.54. The van der Waals surface area contributed by atoms with Gasteiger partial charge in [0.05, 0.1) is 24.0 Å². The summed E-state index contributed by atoms with van der Waals surface area (Å²) in [6, 6.07) is 1.69. The van der Waals surface area contributed by atoms with Gasteiger partial charge in [-0.1, -0.05) is 11.2 Å². The van der Waals surface area contributed by atoms with Crippen LogP contribution >= 0.6 is 0 Å². The van der Waals surface area contributed by atoms with Crippen LogP contribution in [0.2, 0.25) is 0 Å². The minimum atomic E-state index is -1.01. The van der Waals surface area contributed by atoms with Crippen LogP contribution in [-0.2, 0) is 11.3 Å². The van der Waals surface area contributed by atoms with Crippen molar-refractivity contribution < 1.29 is 22.9 Å². The van der Waals surface area contributed by atoms with Crippen LogP contribution in [-0.4, -0.2) is 46.0 Å². The molecule has 0 radical (unpaired) electrons. The van der Waals surface area contributed by atoms with E-state index in [0.717, 1.165) is 29.3 Å². The van der Waals surface area contributed by atoms with Crippen molar-refractivity contribution in [3.05, 3.63) is 52.4 Å². The van der Waals surface area contributed by atoms with Gasteiger partial charge >= 0.3 is 6.03 Å². The molecule has 3 amide bonds. The van der Waals surface area contributed by atoms with E-state index >= 15 is 0 Å². The van der Waals surface area contributed by atoms with Gasteiger partial charge in [-0.05, 0) is 43.9 Å². The number of aryl methyl sites for hydroxylation is 2. The number of aromatic nitrogens is 1. The number of benzene rings is 1. The maximum Gasteiger partial charge on any atom is 0.322 e. The lowest BCUT2D eigenvalue weighted by molar-refractivity contribution is -0.132. The van der Waals surface area contributed by atoms with Gasteiger partial charge in [-0.3, -0.25) is 4.79 Å². The number of fused-ring (bicyclic) bond motifs is 3. The number of urea groups is 1. The summed E-state index contributed by atoms with van der Waals surface area (Å²) in [5.41, 5.74) is 3.01. The molecule has 3 aliphatic rings. The molecule has 5 rings (SSSR count). The lowest BCUT2D eigenvalue weighted by Crippen LogP contribution is -2.48. The second-order valence-corrected chi connectivity index (χ2v) is 8.05. The quantitative estimate of drug-likeness (QED) is 0.837. The maximum atomic E-state index is 14.2. The third kappa shape index (κ3) is 2.79. The second kappa shape index (κ2) is 6.65. The van der Waals surface area contributed by atoms with E-state index in [1.165, 1.54) is 11.0 Å². The summed E-state index contributed by atoms with van der Waals surface area (Å²) in [4.78, 5) is 28.4. The monoisotopic (exact) mass is 414 g/mol. The Bertz CT molecular complexity index is 1090. The molecular weight excluding hydrogens is 394 g/mol. The fourth-order valence-corrected chi connectivity index (χ4v) is 4.77. The first-order valence-corrected chi connectivity index (χ1v) is 9.80. The number of carbonyl (C=O) groups is 2. The van der Waals surface area contributed by atoms with Crippen LogP contribution in [0.3, 0.4) is 0 Å². The Morgan fingerprint density at radius 2 is 2.13 bits per heavy atom. The van der Waals surface area contributed by atoms with Gasteiger partial charge in [0.2, 0.25) is 5.91 Å². The standard InChI is InChI=1S/C21H20F2N4O3/c1-10-19(11(2)30-25-10)13-5-12-6-17(13)27(7-12)18(28)9-26-8-14-16(24-21(26)29)4-3-15(22)20(14)23/h3-5,12,17H,6-9H2,1-2H3,(H,24,29)/t12-,17-/m0/s1. The van der Waals surface area contributed by atoms with Crippen molar-refractivity contribution in [3.63, 3.8) is 0 Å². The number of anilines is 1. The highest BCUT2D eigenvalue weighted by Crippen LogP contribution is 2.43. The SMILES string of the molecule is Cc1noc(C)c1C1=C[C@H]2C[C@@H]1N(C(=O)CN1Cc3c(ccc(F)c3F)NC1=O)C2. The molecule has 0 spiro atoms. The van der Waals surface area contributed by atoms with Crippen LogP contribution in [0.4, 0.5) is 19.3 Å². The van der Waals surface area contributed by atoms with E-state index in [-0.39, 0.29) is 42.2 Å². The molecule has 1 aromatic heterocycles. The fraction of sp³-hybridized carbons (Fsp3) is 0.381. The molecule has 30 heavy (non-hydrogen) atoms. The fourth-order valence-electron chi connectivity index (χ4n) is 4.77. The molecule has 1 N–H and O–H groups in total. The van der Waals surface area contributed by atoms with Crippen LogP contribution in [0.1, 0.15) is 29.0 Å². The predicted molar refractivity (Wildman–Crippen MR) is 103 cm³/mol. The highest BCUT2D eigenvalue weighted by atomic mass is 19.2. The molecule has 2 bridgehead atoms. The van der Waals surface area contributed by atoms with Gasteiger partial charge < -0.3 is 19.6 Å². The van der Waals surface area contributed by atoms with Crippen molar-refractivity contribution in [1.29, 1.82) is 0 Å². The van der Waals surface area contributed by atoms with Crippen LogP contribution in [0.15, 0.2) is 22.7 Å². The number of hydrogen-bond acceptors (Lipinski definition) is 4. The van der Waals surface area contributed by atoms with Crippen molar-refractivity contribution >= 4 is 23.2 Å². The Hall–Kier alpha value is -3.23. The van der Waals surface area contributed by atoms with Crippen molar-refractivity contribution in [2.45, 2.75) is 32.9 Å². The normalized spacial score (nSPS) is 22.3. The van der Waals surface area contributed by atoms with Gasteiger partial charge in [-0.2, -0.15) is 0 Å². The summed E-state index contributed by atoms with van der Waals surface area (Å²) in [6.07, 6.45) is 2.99. The first kappa shape index (κ1) is 18.8. The third-order valence-electron chi connectivity index (χ3n) is 6.15. The lowest BCUT2D eigenvalue weighted by Gasteiger charge is -2.33. The molecule has 2 aromatic rings. The van der Waals surface area contributed by atoms with Crippen LogP contribution in [0, 0.1) is 31.4 Å². The highest BCUT2D eigenvalue weighted by Gasteiger charge is 2.44. The maximum absolute atomic E-state index is 14.2. The topological polar surface area (TPSA) is 78.7 Å². The Morgan fingerprint density at radius 1 is 1.33 bits per heavy atom. The molecule has 1 aliphatic carbocycles. The number of nitrogens with one attached hydrogen (secondary N) is 1. The van der Waals surface area contributed by atoms with E-state index in [2.05, 4.69) is 16.5 Å². The van der Waals surface area contributed by atoms with Crippen molar-refractivity contribution in [3.8, 4) is 0 Å². The van der Waals surface area contributed by atoms with E-state index in [1.807, 2.05) is 13.8 Å². The smallest absolute Gasteiger partial charge is 0.322 e. The minimum Gasteiger partial charge on any atom is -0.361 e. The van der Waals surface area contributed by atoms with E-state index in [0.29, 0.717) is 12.3 Å². The molecule has 7 nitrogen and oxygen atoms in total. The van der Waals surface area contributed by atoms with E-state index in [9.17, 15) is 18.4 Å². The summed E-state index contributed by atoms with van der Waals surface area (Å²) in [6.45, 7) is 3.92. The zero-order valence-electron chi connectivity index (χ0n) is 16.5. The number of halogens is 2. The van der Waals surface area contributed by atoms with Gasteiger partial charge in [-0.25, -0.2) is 13.6 Å². The number of nitrogens with zero attached hydrogens (tertiary/aromatic N) is 3. The Labute approximate surface area is 171 Å². The zero-order valence-corrected chi connectivity index (χ0v) is 16.5. The van der Waals surface area contributed by atoms with Gasteiger partial charge in [0.1, 0.15) is 12.3 Å². The molecular formula is C21H20F2N4O3. The molecule has 0 unspecified atom stereocenters. The summed E-state index contributed by atoms with van der Waals surface area (Å²) in [5.74, 6) is -1.26. The summed E-state index contributed by atoms with van der Waals surface area (Å²) < 4.78 is 33.0. The average Bonchev–Trinajstić information content (AvgIpc) is 3.40. The molecule has 156 valence electrons. The number of carbonyl (C=O) groups excluding carboxylic acids is 2. The molecule has 3 heterocycles. The molecule has 2 aliphatic heterocycles.